The molecule has 0 spiro atoms. The molecule has 2 aromatic carbocycles. The van der Waals surface area contributed by atoms with E-state index >= 15 is 0 Å². The summed E-state index contributed by atoms with van der Waals surface area (Å²) in [6, 6.07) is 7.51. The van der Waals surface area contributed by atoms with Crippen molar-refractivity contribution < 1.29 is 14.5 Å². The number of rotatable bonds is 4. The molecule has 1 amide bonds. The number of hydrogen-bond donors (Lipinski definition) is 0. The summed E-state index contributed by atoms with van der Waals surface area (Å²) >= 11 is 12.1. The van der Waals surface area contributed by atoms with Gasteiger partial charge in [-0.15, -0.1) is 0 Å². The van der Waals surface area contributed by atoms with Gasteiger partial charge in [0.25, 0.3) is 11.6 Å². The Morgan fingerprint density at radius 2 is 1.92 bits per heavy atom. The van der Waals surface area contributed by atoms with E-state index in [9.17, 15) is 14.9 Å². The van der Waals surface area contributed by atoms with Crippen molar-refractivity contribution in [3.05, 3.63) is 61.6 Å². The van der Waals surface area contributed by atoms with Crippen LogP contribution in [0, 0.1) is 10.1 Å². The molecular formula is C17H14Cl2N2O4. The van der Waals surface area contributed by atoms with Gasteiger partial charge in [-0.05, 0) is 37.1 Å². The summed E-state index contributed by atoms with van der Waals surface area (Å²) in [5.74, 6) is 0.613. The summed E-state index contributed by atoms with van der Waals surface area (Å²) < 4.78 is 5.72. The molecule has 1 heterocycles. The minimum Gasteiger partial charge on any atom is -0.454 e. The molecule has 0 fully saturated rings. The number of halogens is 2. The molecule has 2 aromatic rings. The highest BCUT2D eigenvalue weighted by atomic mass is 35.5. The lowest BCUT2D eigenvalue weighted by atomic mass is 10.0. The number of amides is 1. The fourth-order valence-electron chi connectivity index (χ4n) is 2.75. The van der Waals surface area contributed by atoms with E-state index in [1.807, 2.05) is 6.92 Å². The molecule has 130 valence electrons. The Balaban J connectivity index is 1.90. The fraction of sp³-hybridized carbons (Fsp3) is 0.235. The Bertz CT molecular complexity index is 847. The van der Waals surface area contributed by atoms with Crippen LogP contribution in [0.5, 0.6) is 11.5 Å². The molecule has 0 atom stereocenters. The molecule has 0 aromatic heterocycles. The van der Waals surface area contributed by atoms with Crippen LogP contribution in [-0.2, 0) is 6.42 Å². The maximum Gasteiger partial charge on any atom is 0.272 e. The van der Waals surface area contributed by atoms with Gasteiger partial charge in [-0.1, -0.05) is 23.2 Å². The number of nitrogens with zero attached hydrogens (tertiary/aromatic N) is 2. The number of nitro benzene ring substituents is 1. The second-order valence-electron chi connectivity index (χ2n) is 5.55. The average Bonchev–Trinajstić information content (AvgIpc) is 2.58. The van der Waals surface area contributed by atoms with Crippen LogP contribution in [0.4, 0.5) is 5.69 Å². The van der Waals surface area contributed by atoms with Crippen molar-refractivity contribution in [2.24, 2.45) is 0 Å². The van der Waals surface area contributed by atoms with E-state index < -0.39 is 4.92 Å². The van der Waals surface area contributed by atoms with E-state index in [1.54, 1.807) is 23.1 Å². The summed E-state index contributed by atoms with van der Waals surface area (Å²) in [5.41, 5.74) is 1.33. The third-order valence-corrected chi connectivity index (χ3v) is 4.60. The zero-order chi connectivity index (χ0) is 18.1. The number of carbonyl (C=O) groups excluding carboxylic acids is 1. The van der Waals surface area contributed by atoms with Crippen molar-refractivity contribution in [3.63, 3.8) is 0 Å². The van der Waals surface area contributed by atoms with Crippen molar-refractivity contribution in [2.45, 2.75) is 13.3 Å². The molecule has 25 heavy (non-hydrogen) atoms. The van der Waals surface area contributed by atoms with Gasteiger partial charge in [0.15, 0.2) is 5.75 Å². The molecule has 0 bridgehead atoms. The number of fused-ring (bicyclic) bond motifs is 1. The second kappa shape index (κ2) is 6.90. The predicted molar refractivity (Wildman–Crippen MR) is 94.9 cm³/mol. The topological polar surface area (TPSA) is 72.7 Å². The van der Waals surface area contributed by atoms with E-state index in [-0.39, 0.29) is 27.4 Å². The van der Waals surface area contributed by atoms with Gasteiger partial charge in [-0.2, -0.15) is 0 Å². The summed E-state index contributed by atoms with van der Waals surface area (Å²) in [5, 5.41) is 10.9. The smallest absolute Gasteiger partial charge is 0.272 e. The summed E-state index contributed by atoms with van der Waals surface area (Å²) in [6.07, 6.45) is 0.730. The maximum atomic E-state index is 12.3. The van der Waals surface area contributed by atoms with Crippen molar-refractivity contribution >= 4 is 34.8 Å². The normalized spacial score (nSPS) is 13.6. The number of benzene rings is 2. The van der Waals surface area contributed by atoms with Crippen LogP contribution in [0.25, 0.3) is 0 Å². The summed E-state index contributed by atoms with van der Waals surface area (Å²) in [6.45, 7) is 3.27. The molecule has 0 unspecified atom stereocenters. The molecule has 1 aliphatic rings. The maximum absolute atomic E-state index is 12.3. The number of hydrogen-bond acceptors (Lipinski definition) is 4. The molecule has 0 saturated carbocycles. The molecule has 0 aliphatic carbocycles. The van der Waals surface area contributed by atoms with Crippen LogP contribution in [0.1, 0.15) is 22.8 Å². The lowest BCUT2D eigenvalue weighted by Crippen LogP contribution is -2.37. The van der Waals surface area contributed by atoms with Gasteiger partial charge in [0.2, 0.25) is 0 Å². The first-order valence-electron chi connectivity index (χ1n) is 7.64. The first-order chi connectivity index (χ1) is 11.9. The van der Waals surface area contributed by atoms with Crippen LogP contribution < -0.4 is 4.74 Å². The largest absolute Gasteiger partial charge is 0.454 e. The molecule has 3 rings (SSSR count). The number of carbonyl (C=O) groups is 1. The van der Waals surface area contributed by atoms with Gasteiger partial charge in [-0.3, -0.25) is 14.9 Å². The Morgan fingerprint density at radius 1 is 1.24 bits per heavy atom. The van der Waals surface area contributed by atoms with Crippen LogP contribution in [0.2, 0.25) is 10.0 Å². The van der Waals surface area contributed by atoms with Crippen LogP contribution >= 0.6 is 23.2 Å². The standard InChI is InChI=1S/C17H14Cl2N2O4/c1-2-20-6-5-10-7-12(3-4-13(10)17(20)22)25-16-14(18)8-11(21(23)24)9-15(16)19/h3-4,7-9H,2,5-6H2,1H3/i17+1. The van der Waals surface area contributed by atoms with Crippen molar-refractivity contribution in [1.82, 2.24) is 4.90 Å². The second-order valence-corrected chi connectivity index (χ2v) is 6.37. The lowest BCUT2D eigenvalue weighted by Gasteiger charge is -2.27. The Labute approximate surface area is 154 Å². The fourth-order valence-corrected chi connectivity index (χ4v) is 3.30. The van der Waals surface area contributed by atoms with Gasteiger partial charge in [0, 0.05) is 30.8 Å². The van der Waals surface area contributed by atoms with E-state index in [0.29, 0.717) is 24.4 Å². The van der Waals surface area contributed by atoms with Crippen molar-refractivity contribution in [1.29, 1.82) is 0 Å². The average molecular weight is 382 g/mol. The summed E-state index contributed by atoms with van der Waals surface area (Å²) in [7, 11) is 0. The van der Waals surface area contributed by atoms with E-state index in [0.717, 1.165) is 12.0 Å². The van der Waals surface area contributed by atoms with Crippen LogP contribution in [0.3, 0.4) is 0 Å². The molecule has 6 nitrogen and oxygen atoms in total. The van der Waals surface area contributed by atoms with Gasteiger partial charge >= 0.3 is 0 Å². The molecule has 8 heteroatoms. The monoisotopic (exact) mass is 381 g/mol. The lowest BCUT2D eigenvalue weighted by molar-refractivity contribution is -0.384. The highest BCUT2D eigenvalue weighted by molar-refractivity contribution is 6.37. The highest BCUT2D eigenvalue weighted by Crippen LogP contribution is 2.40. The molecule has 0 N–H and O–H groups in total. The minimum absolute atomic E-state index is 0.00157. The predicted octanol–water partition coefficient (Wildman–Crippen LogP) is 4.71. The highest BCUT2D eigenvalue weighted by Gasteiger charge is 2.24. The number of ether oxygens (including phenoxy) is 1. The van der Waals surface area contributed by atoms with Crippen molar-refractivity contribution in [2.75, 3.05) is 13.1 Å². The first kappa shape index (κ1) is 17.5. The first-order valence-corrected chi connectivity index (χ1v) is 8.39. The Morgan fingerprint density at radius 3 is 2.52 bits per heavy atom. The zero-order valence-corrected chi connectivity index (χ0v) is 14.8. The van der Waals surface area contributed by atoms with E-state index in [2.05, 4.69) is 0 Å². The third-order valence-electron chi connectivity index (χ3n) is 4.04. The third kappa shape index (κ3) is 3.41. The minimum atomic E-state index is -0.578. The van der Waals surface area contributed by atoms with Crippen LogP contribution in [-0.4, -0.2) is 28.8 Å². The zero-order valence-electron chi connectivity index (χ0n) is 13.3. The summed E-state index contributed by atoms with van der Waals surface area (Å²) in [4.78, 5) is 24.3. The SMILES string of the molecule is CCN1CCc2cc(Oc3c(Cl)cc([N+](=O)[O-])cc3Cl)ccc2[13C]1=O. The molecule has 0 radical (unpaired) electrons. The van der Waals surface area contributed by atoms with Gasteiger partial charge in [0.1, 0.15) is 5.75 Å². The molecule has 0 saturated heterocycles. The van der Waals surface area contributed by atoms with Crippen molar-refractivity contribution in [3.8, 4) is 11.5 Å². The number of non-ortho nitro benzene ring substituents is 1. The van der Waals surface area contributed by atoms with Gasteiger partial charge in [0.05, 0.1) is 15.0 Å². The van der Waals surface area contributed by atoms with E-state index in [1.165, 1.54) is 12.1 Å². The van der Waals surface area contributed by atoms with E-state index in [4.69, 9.17) is 27.9 Å². The Kier molecular flexibility index (Phi) is 4.83. The number of likely N-dealkylation sites (N-methyl/N-ethyl adjacent to an activating group) is 1. The molecule has 1 aliphatic heterocycles. The van der Waals surface area contributed by atoms with Gasteiger partial charge < -0.3 is 9.64 Å². The van der Waals surface area contributed by atoms with Gasteiger partial charge in [-0.25, -0.2) is 0 Å². The Hall–Kier alpha value is -2.31. The van der Waals surface area contributed by atoms with Crippen LogP contribution in [0.15, 0.2) is 30.3 Å². The number of nitro groups is 1. The molecular weight excluding hydrogens is 368 g/mol. The quantitative estimate of drug-likeness (QED) is 0.436.